The van der Waals surface area contributed by atoms with Crippen molar-refractivity contribution in [1.29, 1.82) is 0 Å². The van der Waals surface area contributed by atoms with Gasteiger partial charge in [0.2, 0.25) is 5.91 Å². The van der Waals surface area contributed by atoms with Crippen LogP contribution in [0.1, 0.15) is 19.8 Å². The van der Waals surface area contributed by atoms with E-state index in [-0.39, 0.29) is 42.9 Å². The van der Waals surface area contributed by atoms with E-state index in [4.69, 9.17) is 10.5 Å². The summed E-state index contributed by atoms with van der Waals surface area (Å²) >= 11 is 0. The summed E-state index contributed by atoms with van der Waals surface area (Å²) in [4.78, 5) is 24.6. The smallest absolute Gasteiger partial charge is 0.308 e. The first-order chi connectivity index (χ1) is 8.02. The maximum absolute atomic E-state index is 11.8. The number of esters is 1. The van der Waals surface area contributed by atoms with Crippen LogP contribution < -0.4 is 5.73 Å². The van der Waals surface area contributed by atoms with E-state index >= 15 is 0 Å². The zero-order valence-electron chi connectivity index (χ0n) is 10.8. The number of halogens is 1. The van der Waals surface area contributed by atoms with Crippen molar-refractivity contribution in [3.05, 3.63) is 0 Å². The molecule has 1 fully saturated rings. The second-order valence-corrected chi connectivity index (χ2v) is 4.29. The van der Waals surface area contributed by atoms with E-state index in [0.717, 1.165) is 0 Å². The van der Waals surface area contributed by atoms with Gasteiger partial charge in [-0.2, -0.15) is 0 Å². The van der Waals surface area contributed by atoms with Crippen LogP contribution in [0, 0.1) is 0 Å². The Balaban J connectivity index is 0.00000289. The van der Waals surface area contributed by atoms with Gasteiger partial charge in [-0.3, -0.25) is 9.59 Å². The van der Waals surface area contributed by atoms with Crippen molar-refractivity contribution in [2.75, 3.05) is 26.8 Å². The normalized spacial score (nSPS) is 20.8. The topological polar surface area (TPSA) is 81.9 Å². The van der Waals surface area contributed by atoms with E-state index in [1.807, 2.05) is 0 Å². The summed E-state index contributed by atoms with van der Waals surface area (Å²) in [5.74, 6) is -0.311. The Kier molecular flexibility index (Phi) is 7.90. The molecule has 6 nitrogen and oxygen atoms in total. The van der Waals surface area contributed by atoms with Gasteiger partial charge in [0.15, 0.2) is 0 Å². The predicted molar refractivity (Wildman–Crippen MR) is 68.5 cm³/mol. The molecule has 0 aromatic carbocycles. The molecule has 0 saturated carbocycles. The summed E-state index contributed by atoms with van der Waals surface area (Å²) < 4.78 is 9.98. The van der Waals surface area contributed by atoms with Gasteiger partial charge in [0.25, 0.3) is 0 Å². The molecule has 18 heavy (non-hydrogen) atoms. The number of nitrogens with zero attached hydrogens (tertiary/aromatic N) is 1. The maximum atomic E-state index is 11.8. The Morgan fingerprint density at radius 2 is 2.22 bits per heavy atom. The maximum Gasteiger partial charge on any atom is 0.308 e. The molecule has 1 heterocycles. The zero-order valence-corrected chi connectivity index (χ0v) is 11.6. The van der Waals surface area contributed by atoms with Crippen LogP contribution >= 0.6 is 12.4 Å². The van der Waals surface area contributed by atoms with Crippen molar-refractivity contribution in [3.8, 4) is 0 Å². The molecule has 1 rings (SSSR count). The molecule has 0 aromatic rings. The van der Waals surface area contributed by atoms with Crippen molar-refractivity contribution >= 4 is 24.3 Å². The van der Waals surface area contributed by atoms with Gasteiger partial charge in [0, 0.05) is 25.6 Å². The monoisotopic (exact) mass is 280 g/mol. The van der Waals surface area contributed by atoms with E-state index in [0.29, 0.717) is 26.1 Å². The fourth-order valence-electron chi connectivity index (χ4n) is 1.74. The van der Waals surface area contributed by atoms with E-state index in [2.05, 4.69) is 4.74 Å². The molecule has 2 N–H and O–H groups in total. The molecule has 0 bridgehead atoms. The minimum atomic E-state index is -0.323. The number of methoxy groups -OCH3 is 1. The first-order valence-electron chi connectivity index (χ1n) is 5.74. The Labute approximate surface area is 113 Å². The third-order valence-corrected chi connectivity index (χ3v) is 2.61. The fraction of sp³-hybridized carbons (Fsp3) is 0.818. The minimum Gasteiger partial charge on any atom is -0.469 e. The van der Waals surface area contributed by atoms with Gasteiger partial charge >= 0.3 is 5.97 Å². The van der Waals surface area contributed by atoms with Crippen molar-refractivity contribution in [1.82, 2.24) is 4.90 Å². The van der Waals surface area contributed by atoms with Crippen LogP contribution in [-0.4, -0.2) is 55.7 Å². The number of nitrogens with two attached hydrogens (primary N) is 1. The lowest BCUT2D eigenvalue weighted by Gasteiger charge is -2.32. The Morgan fingerprint density at radius 1 is 1.56 bits per heavy atom. The lowest BCUT2D eigenvalue weighted by Crippen LogP contribution is -2.47. The number of ether oxygens (including phenoxy) is 2. The third-order valence-electron chi connectivity index (χ3n) is 2.61. The number of carbonyl (C=O) groups excluding carboxylic acids is 2. The van der Waals surface area contributed by atoms with Crippen LogP contribution in [0.15, 0.2) is 0 Å². The Hall–Kier alpha value is -0.850. The summed E-state index contributed by atoms with van der Waals surface area (Å²) in [6.45, 7) is 3.24. The zero-order chi connectivity index (χ0) is 12.8. The standard InChI is InChI=1S/C11H20N2O4.ClH/c1-8(12)5-10(14)13-3-4-17-9(7-13)6-11(15)16-2;/h8-9H,3-7,12H2,1-2H3;1H. The van der Waals surface area contributed by atoms with Gasteiger partial charge in [-0.05, 0) is 6.92 Å². The SMILES string of the molecule is COC(=O)CC1CN(C(=O)CC(C)N)CCO1.Cl. The lowest BCUT2D eigenvalue weighted by molar-refractivity contribution is -0.150. The second kappa shape index (κ2) is 8.29. The molecule has 1 aliphatic rings. The molecule has 1 saturated heterocycles. The van der Waals surface area contributed by atoms with Crippen LogP contribution in [0.4, 0.5) is 0 Å². The molecule has 1 amide bonds. The Bertz CT molecular complexity index is 286. The number of amides is 1. The van der Waals surface area contributed by atoms with Crippen LogP contribution in [-0.2, 0) is 19.1 Å². The van der Waals surface area contributed by atoms with Gasteiger partial charge in [0.05, 0.1) is 26.2 Å². The highest BCUT2D eigenvalue weighted by atomic mass is 35.5. The Morgan fingerprint density at radius 3 is 2.78 bits per heavy atom. The molecule has 0 aromatic heterocycles. The van der Waals surface area contributed by atoms with Crippen molar-refractivity contribution < 1.29 is 19.1 Å². The molecular formula is C11H21ClN2O4. The molecule has 7 heteroatoms. The number of rotatable bonds is 4. The average Bonchev–Trinajstić information content (AvgIpc) is 2.28. The molecule has 0 radical (unpaired) electrons. The molecular weight excluding hydrogens is 260 g/mol. The first-order valence-corrected chi connectivity index (χ1v) is 5.74. The molecule has 106 valence electrons. The van der Waals surface area contributed by atoms with Crippen LogP contribution in [0.2, 0.25) is 0 Å². The largest absolute Gasteiger partial charge is 0.469 e. The number of hydrogen-bond acceptors (Lipinski definition) is 5. The first kappa shape index (κ1) is 17.2. The van der Waals surface area contributed by atoms with E-state index < -0.39 is 0 Å². The number of carbonyl (C=O) groups is 2. The minimum absolute atomic E-state index is 0. The van der Waals surface area contributed by atoms with Gasteiger partial charge in [0.1, 0.15) is 0 Å². The molecule has 2 unspecified atom stereocenters. The third kappa shape index (κ3) is 5.66. The van der Waals surface area contributed by atoms with Crippen molar-refractivity contribution in [2.45, 2.75) is 31.9 Å². The van der Waals surface area contributed by atoms with E-state index in [1.54, 1.807) is 11.8 Å². The van der Waals surface area contributed by atoms with E-state index in [9.17, 15) is 9.59 Å². The number of hydrogen-bond donors (Lipinski definition) is 1. The summed E-state index contributed by atoms with van der Waals surface area (Å²) in [7, 11) is 1.34. The summed E-state index contributed by atoms with van der Waals surface area (Å²) in [6, 6.07) is -0.149. The van der Waals surface area contributed by atoms with Gasteiger partial charge in [-0.15, -0.1) is 12.4 Å². The molecule has 0 aliphatic carbocycles. The van der Waals surface area contributed by atoms with Crippen LogP contribution in [0.25, 0.3) is 0 Å². The molecule has 1 aliphatic heterocycles. The van der Waals surface area contributed by atoms with Gasteiger partial charge in [-0.25, -0.2) is 0 Å². The average molecular weight is 281 g/mol. The second-order valence-electron chi connectivity index (χ2n) is 4.29. The van der Waals surface area contributed by atoms with Crippen molar-refractivity contribution in [2.24, 2.45) is 5.73 Å². The van der Waals surface area contributed by atoms with Crippen LogP contribution in [0.5, 0.6) is 0 Å². The summed E-state index contributed by atoms with van der Waals surface area (Å²) in [5.41, 5.74) is 5.58. The highest BCUT2D eigenvalue weighted by molar-refractivity contribution is 5.85. The quantitative estimate of drug-likeness (QED) is 0.730. The summed E-state index contributed by atoms with van der Waals surface area (Å²) in [5, 5.41) is 0. The van der Waals surface area contributed by atoms with Crippen molar-refractivity contribution in [3.63, 3.8) is 0 Å². The van der Waals surface area contributed by atoms with Crippen LogP contribution in [0.3, 0.4) is 0 Å². The number of morpholine rings is 1. The van der Waals surface area contributed by atoms with E-state index in [1.165, 1.54) is 7.11 Å². The fourth-order valence-corrected chi connectivity index (χ4v) is 1.74. The highest BCUT2D eigenvalue weighted by Gasteiger charge is 2.26. The van der Waals surface area contributed by atoms with Gasteiger partial charge < -0.3 is 20.1 Å². The van der Waals surface area contributed by atoms with Gasteiger partial charge in [-0.1, -0.05) is 0 Å². The summed E-state index contributed by atoms with van der Waals surface area (Å²) in [6.07, 6.45) is 0.233. The highest BCUT2D eigenvalue weighted by Crippen LogP contribution is 2.11. The lowest BCUT2D eigenvalue weighted by atomic mass is 10.1. The molecule has 0 spiro atoms. The predicted octanol–water partition coefficient (Wildman–Crippen LogP) is -0.0640. The molecule has 2 atom stereocenters.